The predicted octanol–water partition coefficient (Wildman–Crippen LogP) is 1.93. The molecule has 0 saturated carbocycles. The molecule has 0 saturated heterocycles. The van der Waals surface area contributed by atoms with Crippen molar-refractivity contribution in [2.75, 3.05) is 0 Å². The van der Waals surface area contributed by atoms with Crippen LogP contribution in [-0.4, -0.2) is 16.9 Å². The molecule has 1 heterocycles. The summed E-state index contributed by atoms with van der Waals surface area (Å²) < 4.78 is 0. The van der Waals surface area contributed by atoms with Gasteiger partial charge in [-0.3, -0.25) is 9.59 Å². The number of hydrogen-bond donors (Lipinski definition) is 2. The van der Waals surface area contributed by atoms with Crippen LogP contribution in [0.5, 0.6) is 0 Å². The lowest BCUT2D eigenvalue weighted by Gasteiger charge is -2.14. The van der Waals surface area contributed by atoms with Crippen molar-refractivity contribution in [2.45, 2.75) is 39.7 Å². The first-order chi connectivity index (χ1) is 7.99. The lowest BCUT2D eigenvalue weighted by atomic mass is 10.0. The van der Waals surface area contributed by atoms with Gasteiger partial charge in [0, 0.05) is 18.3 Å². The fourth-order valence-electron chi connectivity index (χ4n) is 1.51. The zero-order valence-corrected chi connectivity index (χ0v) is 10.6. The van der Waals surface area contributed by atoms with E-state index in [2.05, 4.69) is 24.1 Å². The van der Waals surface area contributed by atoms with Gasteiger partial charge in [-0.1, -0.05) is 13.8 Å². The zero-order chi connectivity index (χ0) is 12.8. The summed E-state index contributed by atoms with van der Waals surface area (Å²) in [6.45, 7) is 6.32. The smallest absolute Gasteiger partial charge is 0.252 e. The van der Waals surface area contributed by atoms with Crippen molar-refractivity contribution in [3.05, 3.63) is 34.2 Å². The summed E-state index contributed by atoms with van der Waals surface area (Å²) in [4.78, 5) is 25.1. The maximum absolute atomic E-state index is 11.8. The summed E-state index contributed by atoms with van der Waals surface area (Å²) in [7, 11) is 0. The van der Waals surface area contributed by atoms with Crippen LogP contribution in [0.4, 0.5) is 0 Å². The van der Waals surface area contributed by atoms with Crippen molar-refractivity contribution in [1.82, 2.24) is 10.3 Å². The van der Waals surface area contributed by atoms with E-state index in [1.54, 1.807) is 0 Å². The molecule has 1 amide bonds. The summed E-state index contributed by atoms with van der Waals surface area (Å²) in [5, 5.41) is 2.91. The van der Waals surface area contributed by atoms with Gasteiger partial charge in [0.1, 0.15) is 0 Å². The maximum atomic E-state index is 11.8. The summed E-state index contributed by atoms with van der Waals surface area (Å²) in [6, 6.07) is 3.04. The van der Waals surface area contributed by atoms with Gasteiger partial charge in [0.15, 0.2) is 0 Å². The molecule has 1 atom stereocenters. The number of carbonyl (C=O) groups is 1. The van der Waals surface area contributed by atoms with Crippen molar-refractivity contribution < 1.29 is 4.79 Å². The molecule has 0 aliphatic rings. The van der Waals surface area contributed by atoms with Gasteiger partial charge in [-0.25, -0.2) is 0 Å². The fourth-order valence-corrected chi connectivity index (χ4v) is 1.51. The molecule has 0 aliphatic heterocycles. The Balaban J connectivity index is 2.48. The summed E-state index contributed by atoms with van der Waals surface area (Å²) in [5.74, 6) is 0.500. The average Bonchev–Trinajstić information content (AvgIpc) is 2.27. The van der Waals surface area contributed by atoms with Gasteiger partial charge in [0.2, 0.25) is 5.56 Å². The highest BCUT2D eigenvalue weighted by molar-refractivity contribution is 5.93. The van der Waals surface area contributed by atoms with E-state index in [0.717, 1.165) is 12.8 Å². The van der Waals surface area contributed by atoms with Crippen LogP contribution in [0.3, 0.4) is 0 Å². The molecule has 1 aromatic heterocycles. The number of pyridine rings is 1. The van der Waals surface area contributed by atoms with E-state index in [0.29, 0.717) is 11.5 Å². The molecular formula is C13H20N2O2. The molecular weight excluding hydrogens is 216 g/mol. The number of aromatic amines is 1. The molecule has 4 nitrogen and oxygen atoms in total. The second-order valence-electron chi connectivity index (χ2n) is 4.79. The quantitative estimate of drug-likeness (QED) is 0.820. The second kappa shape index (κ2) is 6.23. The van der Waals surface area contributed by atoms with E-state index in [9.17, 15) is 9.59 Å². The highest BCUT2D eigenvalue weighted by Gasteiger charge is 2.10. The Bertz CT molecular complexity index is 403. The standard InChI is InChI=1S/C13H20N2O2/c1-9(2)4-5-10(3)15-13(17)11-6-7-12(16)14-8-11/h6-10H,4-5H2,1-3H3,(H,14,16)(H,15,17)/t10-/m0/s1. The molecule has 0 radical (unpaired) electrons. The molecule has 1 aromatic rings. The number of H-pyrrole nitrogens is 1. The maximum Gasteiger partial charge on any atom is 0.252 e. The van der Waals surface area contributed by atoms with Crippen molar-refractivity contribution in [3.8, 4) is 0 Å². The average molecular weight is 236 g/mol. The highest BCUT2D eigenvalue weighted by atomic mass is 16.1. The first kappa shape index (κ1) is 13.5. The van der Waals surface area contributed by atoms with Gasteiger partial charge < -0.3 is 10.3 Å². The van der Waals surface area contributed by atoms with E-state index in [4.69, 9.17) is 0 Å². The van der Waals surface area contributed by atoms with Gasteiger partial charge >= 0.3 is 0 Å². The Hall–Kier alpha value is -1.58. The van der Waals surface area contributed by atoms with Crippen LogP contribution >= 0.6 is 0 Å². The minimum absolute atomic E-state index is 0.141. The van der Waals surface area contributed by atoms with Crippen LogP contribution < -0.4 is 10.9 Å². The highest BCUT2D eigenvalue weighted by Crippen LogP contribution is 2.07. The van der Waals surface area contributed by atoms with E-state index in [-0.39, 0.29) is 17.5 Å². The van der Waals surface area contributed by atoms with Crippen molar-refractivity contribution in [2.24, 2.45) is 5.92 Å². The van der Waals surface area contributed by atoms with Crippen LogP contribution in [0.15, 0.2) is 23.1 Å². The summed E-state index contributed by atoms with van der Waals surface area (Å²) in [6.07, 6.45) is 3.49. The molecule has 17 heavy (non-hydrogen) atoms. The predicted molar refractivity (Wildman–Crippen MR) is 68.1 cm³/mol. The number of hydrogen-bond acceptors (Lipinski definition) is 2. The van der Waals surface area contributed by atoms with Crippen molar-refractivity contribution >= 4 is 5.91 Å². The molecule has 0 fully saturated rings. The van der Waals surface area contributed by atoms with Gasteiger partial charge in [0.25, 0.3) is 5.91 Å². The number of rotatable bonds is 5. The SMILES string of the molecule is CC(C)CC[C@H](C)NC(=O)c1ccc(=O)[nH]c1. The Kier molecular flexibility index (Phi) is 4.94. The van der Waals surface area contributed by atoms with Crippen LogP contribution in [0, 0.1) is 5.92 Å². The largest absolute Gasteiger partial charge is 0.350 e. The lowest BCUT2D eigenvalue weighted by Crippen LogP contribution is -2.33. The monoisotopic (exact) mass is 236 g/mol. The van der Waals surface area contributed by atoms with Gasteiger partial charge in [-0.2, -0.15) is 0 Å². The molecule has 0 aliphatic carbocycles. The topological polar surface area (TPSA) is 62.0 Å². The zero-order valence-electron chi connectivity index (χ0n) is 10.6. The molecule has 2 N–H and O–H groups in total. The molecule has 0 aromatic carbocycles. The van der Waals surface area contributed by atoms with Crippen LogP contribution in [0.2, 0.25) is 0 Å². The third kappa shape index (κ3) is 4.85. The van der Waals surface area contributed by atoms with Crippen LogP contribution in [0.1, 0.15) is 44.0 Å². The van der Waals surface area contributed by atoms with E-state index in [1.165, 1.54) is 18.3 Å². The van der Waals surface area contributed by atoms with E-state index < -0.39 is 0 Å². The molecule has 0 bridgehead atoms. The van der Waals surface area contributed by atoms with Crippen molar-refractivity contribution in [3.63, 3.8) is 0 Å². The number of carbonyl (C=O) groups excluding carboxylic acids is 1. The van der Waals surface area contributed by atoms with Gasteiger partial charge in [-0.15, -0.1) is 0 Å². The third-order valence-corrected chi connectivity index (χ3v) is 2.60. The number of aromatic nitrogens is 1. The molecule has 94 valence electrons. The van der Waals surface area contributed by atoms with E-state index >= 15 is 0 Å². The van der Waals surface area contributed by atoms with Crippen LogP contribution in [0.25, 0.3) is 0 Å². The summed E-state index contributed by atoms with van der Waals surface area (Å²) in [5.41, 5.74) is 0.287. The third-order valence-electron chi connectivity index (χ3n) is 2.60. The Morgan fingerprint density at radius 2 is 2.00 bits per heavy atom. The fraction of sp³-hybridized carbons (Fsp3) is 0.538. The number of amides is 1. The Labute approximate surface area is 101 Å². The first-order valence-corrected chi connectivity index (χ1v) is 5.98. The Morgan fingerprint density at radius 3 is 2.53 bits per heavy atom. The minimum atomic E-state index is -0.200. The molecule has 0 spiro atoms. The van der Waals surface area contributed by atoms with Crippen LogP contribution in [-0.2, 0) is 0 Å². The molecule has 1 rings (SSSR count). The first-order valence-electron chi connectivity index (χ1n) is 5.98. The molecule has 0 unspecified atom stereocenters. The Morgan fingerprint density at radius 1 is 1.29 bits per heavy atom. The normalized spacial score (nSPS) is 12.5. The summed E-state index contributed by atoms with van der Waals surface area (Å²) >= 11 is 0. The molecule has 4 heteroatoms. The number of nitrogens with one attached hydrogen (secondary N) is 2. The van der Waals surface area contributed by atoms with Gasteiger partial charge in [-0.05, 0) is 31.7 Å². The van der Waals surface area contributed by atoms with Gasteiger partial charge in [0.05, 0.1) is 5.56 Å². The second-order valence-corrected chi connectivity index (χ2v) is 4.79. The minimum Gasteiger partial charge on any atom is -0.350 e. The van der Waals surface area contributed by atoms with E-state index in [1.807, 2.05) is 6.92 Å². The van der Waals surface area contributed by atoms with Crippen molar-refractivity contribution in [1.29, 1.82) is 0 Å². The lowest BCUT2D eigenvalue weighted by molar-refractivity contribution is 0.0937.